The van der Waals surface area contributed by atoms with E-state index in [1.54, 1.807) is 6.07 Å². The Morgan fingerprint density at radius 2 is 0.543 bits per heavy atom. The van der Waals surface area contributed by atoms with E-state index in [2.05, 4.69) is 24.5 Å². The van der Waals surface area contributed by atoms with Gasteiger partial charge >= 0.3 is 6.18 Å². The summed E-state index contributed by atoms with van der Waals surface area (Å²) in [6.45, 7) is 14.6. The minimum Gasteiger partial charge on any atom is -0.309 e. The molecular weight excluding hydrogens is 1160 g/mol. The molecule has 15 rings (SSSR count). The zero-order valence-corrected chi connectivity index (χ0v) is 50.9. The third-order valence-electron chi connectivity index (χ3n) is 16.1. The van der Waals surface area contributed by atoms with Crippen LogP contribution in [-0.2, 0) is 6.18 Å². The first-order valence-electron chi connectivity index (χ1n) is 29.6. The molecule has 20 heteroatoms. The Morgan fingerprint density at radius 3 is 0.880 bits per heavy atom. The van der Waals surface area contributed by atoms with Crippen LogP contribution >= 0.6 is 0 Å². The van der Waals surface area contributed by atoms with E-state index in [1.165, 1.54) is 6.07 Å². The molecular formula is C72H52F3N17. The zero-order valence-electron chi connectivity index (χ0n) is 50.9. The molecule has 0 amide bonds. The van der Waals surface area contributed by atoms with E-state index < -0.39 is 11.7 Å². The van der Waals surface area contributed by atoms with E-state index in [9.17, 15) is 0 Å². The van der Waals surface area contributed by atoms with Gasteiger partial charge in [-0.1, -0.05) is 72.8 Å². The number of alkyl halides is 3. The summed E-state index contributed by atoms with van der Waals surface area (Å²) in [5.41, 5.74) is 8.64. The molecule has 0 N–H and O–H groups in total. The maximum Gasteiger partial charge on any atom is 0.416 e. The van der Waals surface area contributed by atoms with Crippen molar-refractivity contribution in [2.75, 3.05) is 0 Å². The maximum absolute atomic E-state index is 15.8. The van der Waals surface area contributed by atoms with Crippen LogP contribution in [0.5, 0.6) is 0 Å². The second-order valence-electron chi connectivity index (χ2n) is 22.6. The topological polar surface area (TPSA) is 203 Å². The van der Waals surface area contributed by atoms with E-state index in [0.717, 1.165) is 61.0 Å². The summed E-state index contributed by atoms with van der Waals surface area (Å²) in [7, 11) is 0. The molecule has 92 heavy (non-hydrogen) atoms. The molecule has 7 heterocycles. The quantitative estimate of drug-likeness (QED) is 0.125. The van der Waals surface area contributed by atoms with Gasteiger partial charge in [-0.05, 0) is 152 Å². The van der Waals surface area contributed by atoms with Crippen LogP contribution in [0.2, 0.25) is 0 Å². The van der Waals surface area contributed by atoms with E-state index in [0.29, 0.717) is 132 Å². The molecule has 0 radical (unpaired) electrons. The highest BCUT2D eigenvalue weighted by Crippen LogP contribution is 2.46. The highest BCUT2D eigenvalue weighted by atomic mass is 19.4. The predicted octanol–water partition coefficient (Wildman–Crippen LogP) is 15.6. The summed E-state index contributed by atoms with van der Waals surface area (Å²) in [5, 5.41) is 3.13. The van der Waals surface area contributed by atoms with Gasteiger partial charge in [-0.25, -0.2) is 74.8 Å². The molecule has 0 aliphatic carbocycles. The summed E-state index contributed by atoms with van der Waals surface area (Å²) in [5.74, 6) is 7.60. The first-order valence-corrected chi connectivity index (χ1v) is 29.6. The first kappa shape index (κ1) is 56.7. The van der Waals surface area contributed by atoms with Crippen LogP contribution in [0.25, 0.3) is 146 Å². The molecule has 0 unspecified atom stereocenters. The molecule has 0 saturated carbocycles. The fourth-order valence-electron chi connectivity index (χ4n) is 12.2. The van der Waals surface area contributed by atoms with Gasteiger partial charge in [-0.3, -0.25) is 0 Å². The van der Waals surface area contributed by atoms with Crippen LogP contribution < -0.4 is 0 Å². The van der Waals surface area contributed by atoms with Crippen molar-refractivity contribution in [1.29, 1.82) is 0 Å². The summed E-state index contributed by atoms with van der Waals surface area (Å²) in [6.07, 6.45) is -4.76. The lowest BCUT2D eigenvalue weighted by molar-refractivity contribution is -0.137. The number of rotatable bonds is 10. The second-order valence-corrected chi connectivity index (χ2v) is 22.6. The third-order valence-corrected chi connectivity index (χ3v) is 16.1. The molecule has 446 valence electrons. The summed E-state index contributed by atoms with van der Waals surface area (Å²) in [6, 6.07) is 52.7. The Hall–Kier alpha value is -11.8. The lowest BCUT2D eigenvalue weighted by Crippen LogP contribution is -2.08. The van der Waals surface area contributed by atoms with E-state index >= 15 is 13.2 Å². The average Bonchev–Trinajstić information content (AvgIpc) is 1.55. The predicted molar refractivity (Wildman–Crippen MR) is 348 cm³/mol. The van der Waals surface area contributed by atoms with Crippen molar-refractivity contribution < 1.29 is 13.2 Å². The molecule has 7 aromatic heterocycles. The van der Waals surface area contributed by atoms with Gasteiger partial charge in [-0.15, -0.1) is 0 Å². The molecule has 17 nitrogen and oxygen atoms in total. The number of nitrogens with zero attached hydrogens (tertiary/aromatic N) is 17. The highest BCUT2D eigenvalue weighted by molar-refractivity contribution is 6.14. The minimum atomic E-state index is -4.76. The molecule has 0 saturated heterocycles. The Balaban J connectivity index is 1.05. The van der Waals surface area contributed by atoms with Gasteiger partial charge in [0.15, 0.2) is 40.8 Å². The van der Waals surface area contributed by atoms with E-state index in [-0.39, 0.29) is 5.56 Å². The van der Waals surface area contributed by atoms with Gasteiger partial charge in [-0.2, -0.15) is 13.2 Å². The van der Waals surface area contributed by atoms with E-state index in [4.69, 9.17) is 54.8 Å². The lowest BCUT2D eigenvalue weighted by Gasteiger charge is -2.21. The summed E-state index contributed by atoms with van der Waals surface area (Å²) < 4.78 is 51.5. The average molecular weight is 1210 g/mol. The molecule has 0 atom stereocenters. The Kier molecular flexibility index (Phi) is 13.6. The standard InChI is InChI=1S/C72H52F3N17/c1-37-76-38(2)81-67(80-37)47-20-26-59-54(31-47)55-32-48(68-82-39(3)77-40(4)83-68)21-27-60(55)91(59)63-30-24-52(72(73,74)75)36-58(63)53-25-19-51(71-89-65(45-15-11-9-12-16-45)88-66(90-71)46-17-13-10-14-18-46)35-64(53)92-61-28-22-49(69-84-41(5)78-42(6)85-69)33-56(61)57-34-50(23-29-62(57)92)70-86-43(7)79-44(8)87-70/h9-36H,1-8H3. The largest absolute Gasteiger partial charge is 0.416 e. The first-order chi connectivity index (χ1) is 44.4. The number of aryl methyl sites for hydroxylation is 8. The number of hydrogen-bond acceptors (Lipinski definition) is 15. The Bertz CT molecular complexity index is 5160. The summed E-state index contributed by atoms with van der Waals surface area (Å²) in [4.78, 5) is 71.2. The second kappa shape index (κ2) is 22.1. The molecule has 0 bridgehead atoms. The monoisotopic (exact) mass is 1210 g/mol. The molecule has 0 aliphatic rings. The van der Waals surface area contributed by atoms with Gasteiger partial charge < -0.3 is 9.13 Å². The molecule has 0 aliphatic heterocycles. The fraction of sp³-hybridized carbons (Fsp3) is 0.125. The summed E-state index contributed by atoms with van der Waals surface area (Å²) >= 11 is 0. The normalized spacial score (nSPS) is 11.9. The smallest absolute Gasteiger partial charge is 0.309 e. The van der Waals surface area contributed by atoms with Gasteiger partial charge in [0.1, 0.15) is 46.6 Å². The third kappa shape index (κ3) is 10.4. The van der Waals surface area contributed by atoms with Crippen molar-refractivity contribution in [3.05, 3.63) is 222 Å². The van der Waals surface area contributed by atoms with Crippen molar-refractivity contribution in [3.63, 3.8) is 0 Å². The number of halogens is 3. The van der Waals surface area contributed by atoms with Crippen LogP contribution in [-0.4, -0.2) is 83.9 Å². The van der Waals surface area contributed by atoms with Crippen LogP contribution in [0.15, 0.2) is 170 Å². The number of aromatic nitrogens is 17. The van der Waals surface area contributed by atoms with Crippen molar-refractivity contribution in [1.82, 2.24) is 83.9 Å². The van der Waals surface area contributed by atoms with Crippen LogP contribution in [0.4, 0.5) is 13.2 Å². The molecule has 8 aromatic carbocycles. The van der Waals surface area contributed by atoms with Crippen molar-refractivity contribution in [3.8, 4) is 102 Å². The van der Waals surface area contributed by atoms with E-state index in [1.807, 2.05) is 212 Å². The Morgan fingerprint density at radius 1 is 0.250 bits per heavy atom. The van der Waals surface area contributed by atoms with Gasteiger partial charge in [0.2, 0.25) is 0 Å². The van der Waals surface area contributed by atoms with Gasteiger partial charge in [0.25, 0.3) is 0 Å². The van der Waals surface area contributed by atoms with Gasteiger partial charge in [0.05, 0.1) is 39.0 Å². The van der Waals surface area contributed by atoms with Crippen molar-refractivity contribution >= 4 is 43.6 Å². The Labute approximate surface area is 524 Å². The minimum absolute atomic E-state index is 0.266. The number of hydrogen-bond donors (Lipinski definition) is 0. The number of fused-ring (bicyclic) bond motifs is 6. The highest BCUT2D eigenvalue weighted by Gasteiger charge is 2.33. The van der Waals surface area contributed by atoms with Crippen LogP contribution in [0, 0.1) is 55.4 Å². The molecule has 0 spiro atoms. The van der Waals surface area contributed by atoms with Crippen LogP contribution in [0.1, 0.15) is 52.2 Å². The maximum atomic E-state index is 15.8. The van der Waals surface area contributed by atoms with Crippen molar-refractivity contribution in [2.45, 2.75) is 61.6 Å². The number of benzene rings is 8. The SMILES string of the molecule is Cc1nc(C)nc(-c2ccc3c(c2)c2cc(-c4nc(C)nc(C)n4)ccc2n3-c2ccc(C(F)(F)F)cc2-c2ccc(-c3nc(-c4ccccc4)nc(-c4ccccc4)n3)cc2-n2c3ccc(-c4nc(C)nc(C)n4)cc3c3cc(-c4nc(C)nc(C)n4)ccc32)n1. The van der Waals surface area contributed by atoms with Crippen molar-refractivity contribution in [2.24, 2.45) is 0 Å². The molecule has 15 aromatic rings. The molecule has 0 fully saturated rings. The van der Waals surface area contributed by atoms with Gasteiger partial charge in [0, 0.05) is 71.6 Å². The lowest BCUT2D eigenvalue weighted by atomic mass is 9.96. The fourth-order valence-corrected chi connectivity index (χ4v) is 12.2. The van der Waals surface area contributed by atoms with Crippen LogP contribution in [0.3, 0.4) is 0 Å². The zero-order chi connectivity index (χ0) is 63.3.